The average Bonchev–Trinajstić information content (AvgIpc) is 2.80. The van der Waals surface area contributed by atoms with E-state index in [2.05, 4.69) is 0 Å². The van der Waals surface area contributed by atoms with Crippen molar-refractivity contribution < 1.29 is 19.8 Å². The summed E-state index contributed by atoms with van der Waals surface area (Å²) in [5.41, 5.74) is -1.04. The second-order valence-electron chi connectivity index (χ2n) is 5.12. The van der Waals surface area contributed by atoms with E-state index in [0.717, 1.165) is 12.8 Å². The molecule has 0 saturated carbocycles. The lowest BCUT2D eigenvalue weighted by molar-refractivity contribution is -0.148. The SMILES string of the molecule is CCCC1(C(=O)O)CCCN1C(=O)N(C)CCCO. The molecule has 6 nitrogen and oxygen atoms in total. The Morgan fingerprint density at radius 3 is 2.63 bits per heavy atom. The first-order valence-electron chi connectivity index (χ1n) is 6.86. The van der Waals surface area contributed by atoms with Gasteiger partial charge in [-0.3, -0.25) is 0 Å². The molecule has 0 radical (unpaired) electrons. The molecule has 0 aromatic heterocycles. The molecule has 2 amide bonds. The molecule has 1 aliphatic rings. The number of rotatable bonds is 6. The summed E-state index contributed by atoms with van der Waals surface area (Å²) in [6.07, 6.45) is 2.98. The van der Waals surface area contributed by atoms with Gasteiger partial charge in [0.25, 0.3) is 0 Å². The van der Waals surface area contributed by atoms with Crippen LogP contribution in [0.15, 0.2) is 0 Å². The highest BCUT2D eigenvalue weighted by Gasteiger charge is 2.49. The van der Waals surface area contributed by atoms with Crippen molar-refractivity contribution in [1.29, 1.82) is 0 Å². The molecule has 1 fully saturated rings. The van der Waals surface area contributed by atoms with Gasteiger partial charge in [-0.1, -0.05) is 13.3 Å². The lowest BCUT2D eigenvalue weighted by Crippen LogP contribution is -2.56. The number of carbonyl (C=O) groups is 2. The molecular formula is C13H24N2O4. The summed E-state index contributed by atoms with van der Waals surface area (Å²) < 4.78 is 0. The number of aliphatic hydroxyl groups excluding tert-OH is 1. The topological polar surface area (TPSA) is 81.1 Å². The maximum atomic E-state index is 12.4. The number of carbonyl (C=O) groups excluding carboxylic acids is 1. The normalized spacial score (nSPS) is 22.6. The van der Waals surface area contributed by atoms with Crippen molar-refractivity contribution in [3.05, 3.63) is 0 Å². The number of aliphatic carboxylic acids is 1. The molecule has 110 valence electrons. The van der Waals surface area contributed by atoms with Gasteiger partial charge in [0, 0.05) is 26.7 Å². The quantitative estimate of drug-likeness (QED) is 0.759. The van der Waals surface area contributed by atoms with Crippen LogP contribution >= 0.6 is 0 Å². The first kappa shape index (κ1) is 15.8. The van der Waals surface area contributed by atoms with Crippen molar-refractivity contribution >= 4 is 12.0 Å². The lowest BCUT2D eigenvalue weighted by Gasteiger charge is -2.37. The number of hydrogen-bond donors (Lipinski definition) is 2. The van der Waals surface area contributed by atoms with Gasteiger partial charge in [-0.15, -0.1) is 0 Å². The third kappa shape index (κ3) is 3.18. The van der Waals surface area contributed by atoms with Crippen LogP contribution in [-0.2, 0) is 4.79 Å². The second kappa shape index (κ2) is 6.75. The number of carboxylic acids is 1. The molecule has 0 spiro atoms. The van der Waals surface area contributed by atoms with E-state index in [1.165, 1.54) is 9.80 Å². The highest BCUT2D eigenvalue weighted by Crippen LogP contribution is 2.34. The van der Waals surface area contributed by atoms with E-state index in [4.69, 9.17) is 5.11 Å². The number of carboxylic acid groups (broad SMARTS) is 1. The van der Waals surface area contributed by atoms with Crippen LogP contribution in [0.3, 0.4) is 0 Å². The molecule has 1 atom stereocenters. The van der Waals surface area contributed by atoms with Crippen LogP contribution in [0.25, 0.3) is 0 Å². The summed E-state index contributed by atoms with van der Waals surface area (Å²) in [5.74, 6) is -0.907. The fraction of sp³-hybridized carbons (Fsp3) is 0.846. The average molecular weight is 272 g/mol. The molecule has 0 aliphatic carbocycles. The van der Waals surface area contributed by atoms with Crippen molar-refractivity contribution in [2.24, 2.45) is 0 Å². The van der Waals surface area contributed by atoms with E-state index in [-0.39, 0.29) is 12.6 Å². The zero-order valence-corrected chi connectivity index (χ0v) is 11.8. The molecule has 0 aromatic carbocycles. The van der Waals surface area contributed by atoms with Gasteiger partial charge >= 0.3 is 12.0 Å². The Kier molecular flexibility index (Phi) is 5.60. The number of hydrogen-bond acceptors (Lipinski definition) is 3. The molecule has 1 saturated heterocycles. The monoisotopic (exact) mass is 272 g/mol. The van der Waals surface area contributed by atoms with Gasteiger partial charge in [0.2, 0.25) is 0 Å². The Morgan fingerprint density at radius 1 is 1.42 bits per heavy atom. The van der Waals surface area contributed by atoms with Crippen LogP contribution in [0.1, 0.15) is 39.0 Å². The highest BCUT2D eigenvalue weighted by molar-refractivity contribution is 5.87. The van der Waals surface area contributed by atoms with Gasteiger partial charge < -0.3 is 20.0 Å². The van der Waals surface area contributed by atoms with Crippen molar-refractivity contribution in [3.63, 3.8) is 0 Å². The van der Waals surface area contributed by atoms with E-state index in [1.807, 2.05) is 6.92 Å². The van der Waals surface area contributed by atoms with Crippen molar-refractivity contribution in [1.82, 2.24) is 9.80 Å². The van der Waals surface area contributed by atoms with Crippen molar-refractivity contribution in [3.8, 4) is 0 Å². The standard InChI is InChI=1S/C13H24N2O4/c1-3-6-13(11(17)18)7-4-9-15(13)12(19)14(2)8-5-10-16/h16H,3-10H2,1-2H3,(H,17,18). The van der Waals surface area contributed by atoms with Gasteiger partial charge in [0.1, 0.15) is 5.54 Å². The van der Waals surface area contributed by atoms with Crippen LogP contribution < -0.4 is 0 Å². The zero-order valence-electron chi connectivity index (χ0n) is 11.8. The van der Waals surface area contributed by atoms with Crippen molar-refractivity contribution in [2.45, 2.75) is 44.6 Å². The second-order valence-corrected chi connectivity index (χ2v) is 5.12. The number of nitrogens with zero attached hydrogens (tertiary/aromatic N) is 2. The smallest absolute Gasteiger partial charge is 0.329 e. The van der Waals surface area contributed by atoms with E-state index in [1.54, 1.807) is 7.05 Å². The van der Waals surface area contributed by atoms with E-state index < -0.39 is 11.5 Å². The first-order valence-corrected chi connectivity index (χ1v) is 6.86. The lowest BCUT2D eigenvalue weighted by atomic mass is 9.91. The fourth-order valence-electron chi connectivity index (χ4n) is 2.77. The van der Waals surface area contributed by atoms with Crippen LogP contribution in [0.2, 0.25) is 0 Å². The Bertz CT molecular complexity index is 335. The Morgan fingerprint density at radius 2 is 2.11 bits per heavy atom. The van der Waals surface area contributed by atoms with Gasteiger partial charge in [-0.2, -0.15) is 0 Å². The van der Waals surface area contributed by atoms with E-state index in [9.17, 15) is 14.7 Å². The summed E-state index contributed by atoms with van der Waals surface area (Å²) >= 11 is 0. The molecule has 0 bridgehead atoms. The molecule has 1 heterocycles. The molecule has 19 heavy (non-hydrogen) atoms. The number of aliphatic hydroxyl groups is 1. The number of likely N-dealkylation sites (tertiary alicyclic amines) is 1. The highest BCUT2D eigenvalue weighted by atomic mass is 16.4. The molecule has 1 rings (SSSR count). The molecular weight excluding hydrogens is 248 g/mol. The minimum Gasteiger partial charge on any atom is -0.479 e. The zero-order chi connectivity index (χ0) is 14.5. The number of urea groups is 1. The third-order valence-corrected chi connectivity index (χ3v) is 3.76. The minimum absolute atomic E-state index is 0.0245. The van der Waals surface area contributed by atoms with Crippen LogP contribution in [-0.4, -0.2) is 64.3 Å². The fourth-order valence-corrected chi connectivity index (χ4v) is 2.77. The summed E-state index contributed by atoms with van der Waals surface area (Å²) in [6, 6.07) is -0.248. The van der Waals surface area contributed by atoms with E-state index in [0.29, 0.717) is 32.4 Å². The summed E-state index contributed by atoms with van der Waals surface area (Å²) in [7, 11) is 1.65. The van der Waals surface area contributed by atoms with Crippen molar-refractivity contribution in [2.75, 3.05) is 26.7 Å². The molecule has 6 heteroatoms. The maximum Gasteiger partial charge on any atom is 0.329 e. The van der Waals surface area contributed by atoms with Gasteiger partial charge in [-0.05, 0) is 25.7 Å². The van der Waals surface area contributed by atoms with Gasteiger partial charge in [0.15, 0.2) is 0 Å². The predicted molar refractivity (Wildman–Crippen MR) is 70.9 cm³/mol. The maximum absolute atomic E-state index is 12.4. The molecule has 2 N–H and O–H groups in total. The Labute approximate surface area is 114 Å². The van der Waals surface area contributed by atoms with Crippen LogP contribution in [0, 0.1) is 0 Å². The molecule has 1 unspecified atom stereocenters. The van der Waals surface area contributed by atoms with Gasteiger partial charge in [0.05, 0.1) is 0 Å². The summed E-state index contributed by atoms with van der Waals surface area (Å²) in [4.78, 5) is 27.0. The first-order chi connectivity index (χ1) is 8.99. The third-order valence-electron chi connectivity index (χ3n) is 3.76. The molecule has 1 aliphatic heterocycles. The van der Waals surface area contributed by atoms with Gasteiger partial charge in [-0.25, -0.2) is 9.59 Å². The predicted octanol–water partition coefficient (Wildman–Crippen LogP) is 1.14. The van der Waals surface area contributed by atoms with Crippen LogP contribution in [0.4, 0.5) is 4.79 Å². The van der Waals surface area contributed by atoms with Crippen LogP contribution in [0.5, 0.6) is 0 Å². The minimum atomic E-state index is -1.04. The molecule has 0 aromatic rings. The van der Waals surface area contributed by atoms with E-state index >= 15 is 0 Å². The Hall–Kier alpha value is -1.30. The largest absolute Gasteiger partial charge is 0.479 e. The number of amides is 2. The summed E-state index contributed by atoms with van der Waals surface area (Å²) in [5, 5.41) is 18.3. The Balaban J connectivity index is 2.84. The summed E-state index contributed by atoms with van der Waals surface area (Å²) in [6.45, 7) is 2.89.